The maximum Gasteiger partial charge on any atom is 0.317 e. The first-order chi connectivity index (χ1) is 13.2. The molecule has 3 rings (SSSR count). The van der Waals surface area contributed by atoms with Crippen molar-refractivity contribution in [2.45, 2.75) is 13.0 Å². The van der Waals surface area contributed by atoms with Crippen LogP contribution >= 0.6 is 11.6 Å². The molecule has 1 heterocycles. The Labute approximate surface area is 165 Å². The number of hydrogen-bond donors (Lipinski definition) is 1. The monoisotopic (exact) mass is 387 g/mol. The van der Waals surface area contributed by atoms with Gasteiger partial charge in [0.05, 0.1) is 11.6 Å². The van der Waals surface area contributed by atoms with Crippen LogP contribution in [0.4, 0.5) is 4.79 Å². The van der Waals surface area contributed by atoms with E-state index in [9.17, 15) is 4.79 Å². The van der Waals surface area contributed by atoms with E-state index in [0.717, 1.165) is 39.1 Å². The first-order valence-electron chi connectivity index (χ1n) is 9.39. The van der Waals surface area contributed by atoms with Crippen molar-refractivity contribution in [2.75, 3.05) is 39.3 Å². The molecule has 0 aromatic heterocycles. The second-order valence-electron chi connectivity index (χ2n) is 6.61. The highest BCUT2D eigenvalue weighted by Crippen LogP contribution is 2.22. The third kappa shape index (κ3) is 6.15. The third-order valence-electron chi connectivity index (χ3n) is 4.60. The van der Waals surface area contributed by atoms with E-state index in [1.807, 2.05) is 29.2 Å². The van der Waals surface area contributed by atoms with Crippen LogP contribution in [0.2, 0.25) is 5.02 Å². The van der Waals surface area contributed by atoms with Crippen LogP contribution in [-0.4, -0.2) is 55.2 Å². The van der Waals surface area contributed by atoms with Crippen LogP contribution < -0.4 is 10.1 Å². The Morgan fingerprint density at radius 3 is 2.44 bits per heavy atom. The van der Waals surface area contributed by atoms with E-state index >= 15 is 0 Å². The van der Waals surface area contributed by atoms with Gasteiger partial charge in [-0.3, -0.25) is 4.90 Å². The summed E-state index contributed by atoms with van der Waals surface area (Å²) in [5.41, 5.74) is 1.31. The number of para-hydroxylation sites is 1. The van der Waals surface area contributed by atoms with E-state index in [1.165, 1.54) is 5.56 Å². The van der Waals surface area contributed by atoms with E-state index in [1.54, 1.807) is 6.07 Å². The van der Waals surface area contributed by atoms with Gasteiger partial charge in [-0.2, -0.15) is 0 Å². The van der Waals surface area contributed by atoms with Gasteiger partial charge >= 0.3 is 6.03 Å². The summed E-state index contributed by atoms with van der Waals surface area (Å²) in [6.07, 6.45) is 0.741. The van der Waals surface area contributed by atoms with Crippen LogP contribution in [0.5, 0.6) is 5.75 Å². The number of nitrogens with one attached hydrogen (secondary N) is 1. The molecule has 2 aromatic carbocycles. The van der Waals surface area contributed by atoms with Crippen molar-refractivity contribution in [1.29, 1.82) is 0 Å². The van der Waals surface area contributed by atoms with Crippen LogP contribution in [0.3, 0.4) is 0 Å². The first kappa shape index (κ1) is 19.5. The zero-order valence-electron chi connectivity index (χ0n) is 15.4. The Bertz CT molecular complexity index is 718. The van der Waals surface area contributed by atoms with Crippen molar-refractivity contribution in [2.24, 2.45) is 0 Å². The molecule has 5 nitrogen and oxygen atoms in total. The summed E-state index contributed by atoms with van der Waals surface area (Å²) in [5, 5.41) is 3.58. The van der Waals surface area contributed by atoms with Gasteiger partial charge in [-0.15, -0.1) is 0 Å². The molecule has 0 atom stereocenters. The molecular weight excluding hydrogens is 362 g/mol. The Morgan fingerprint density at radius 1 is 1.00 bits per heavy atom. The van der Waals surface area contributed by atoms with Gasteiger partial charge in [0.25, 0.3) is 0 Å². The van der Waals surface area contributed by atoms with Crippen molar-refractivity contribution in [3.8, 4) is 5.75 Å². The molecule has 6 heteroatoms. The molecule has 1 N–H and O–H groups in total. The van der Waals surface area contributed by atoms with Gasteiger partial charge in [-0.05, 0) is 24.1 Å². The average Bonchev–Trinajstić information content (AvgIpc) is 2.70. The molecule has 0 aliphatic carbocycles. The number of piperazine rings is 1. The molecule has 144 valence electrons. The van der Waals surface area contributed by atoms with Crippen molar-refractivity contribution in [1.82, 2.24) is 15.1 Å². The summed E-state index contributed by atoms with van der Waals surface area (Å²) < 4.78 is 5.63. The highest BCUT2D eigenvalue weighted by Gasteiger charge is 2.20. The molecule has 1 fully saturated rings. The van der Waals surface area contributed by atoms with Crippen LogP contribution in [0.15, 0.2) is 54.6 Å². The Hall–Kier alpha value is -2.24. The molecule has 2 aromatic rings. The first-order valence-corrected chi connectivity index (χ1v) is 9.76. The number of benzene rings is 2. The minimum absolute atomic E-state index is 0.00658. The number of urea groups is 1. The normalized spacial score (nSPS) is 14.8. The van der Waals surface area contributed by atoms with Gasteiger partial charge < -0.3 is 15.0 Å². The van der Waals surface area contributed by atoms with Crippen LogP contribution in [0, 0.1) is 0 Å². The third-order valence-corrected chi connectivity index (χ3v) is 4.91. The zero-order chi connectivity index (χ0) is 18.9. The molecule has 0 radical (unpaired) electrons. The smallest absolute Gasteiger partial charge is 0.317 e. The number of rotatable bonds is 7. The standard InChI is InChI=1S/C21H26ClN3O2/c22-19-9-4-5-10-20(19)27-16-6-11-23-21(26)25-14-12-24(13-15-25)17-18-7-2-1-3-8-18/h1-5,7-10H,6,11-17H2,(H,23,26). The van der Waals surface area contributed by atoms with Crippen LogP contribution in [0.25, 0.3) is 0 Å². The van der Waals surface area contributed by atoms with E-state index in [-0.39, 0.29) is 6.03 Å². The zero-order valence-corrected chi connectivity index (χ0v) is 16.2. The maximum absolute atomic E-state index is 12.3. The predicted octanol–water partition coefficient (Wildman–Crippen LogP) is 3.64. The minimum Gasteiger partial charge on any atom is -0.492 e. The number of halogens is 1. The topological polar surface area (TPSA) is 44.8 Å². The summed E-state index contributed by atoms with van der Waals surface area (Å²) >= 11 is 6.05. The van der Waals surface area contributed by atoms with Crippen molar-refractivity contribution >= 4 is 17.6 Å². The summed E-state index contributed by atoms with van der Waals surface area (Å²) in [4.78, 5) is 16.6. The Balaban J connectivity index is 1.30. The van der Waals surface area contributed by atoms with E-state index in [2.05, 4.69) is 34.5 Å². The van der Waals surface area contributed by atoms with Gasteiger partial charge in [0, 0.05) is 39.3 Å². The Kier molecular flexibility index (Phi) is 7.36. The number of ether oxygens (including phenoxy) is 1. The lowest BCUT2D eigenvalue weighted by atomic mass is 10.2. The molecule has 1 saturated heterocycles. The fraction of sp³-hybridized carbons (Fsp3) is 0.381. The largest absolute Gasteiger partial charge is 0.492 e. The van der Waals surface area contributed by atoms with Gasteiger partial charge in [-0.25, -0.2) is 4.79 Å². The second-order valence-corrected chi connectivity index (χ2v) is 7.02. The lowest BCUT2D eigenvalue weighted by Gasteiger charge is -2.34. The molecule has 2 amide bonds. The molecule has 0 bridgehead atoms. The number of hydrogen-bond acceptors (Lipinski definition) is 3. The molecular formula is C21H26ClN3O2. The van der Waals surface area contributed by atoms with E-state index in [4.69, 9.17) is 16.3 Å². The molecule has 0 saturated carbocycles. The fourth-order valence-electron chi connectivity index (χ4n) is 3.07. The van der Waals surface area contributed by atoms with Crippen molar-refractivity contribution < 1.29 is 9.53 Å². The lowest BCUT2D eigenvalue weighted by Crippen LogP contribution is -2.51. The summed E-state index contributed by atoms with van der Waals surface area (Å²) in [6.45, 7) is 5.37. The summed E-state index contributed by atoms with van der Waals surface area (Å²) in [6, 6.07) is 17.9. The molecule has 27 heavy (non-hydrogen) atoms. The summed E-state index contributed by atoms with van der Waals surface area (Å²) in [7, 11) is 0. The van der Waals surface area contributed by atoms with E-state index in [0.29, 0.717) is 23.9 Å². The van der Waals surface area contributed by atoms with E-state index < -0.39 is 0 Å². The highest BCUT2D eigenvalue weighted by molar-refractivity contribution is 6.32. The summed E-state index contributed by atoms with van der Waals surface area (Å²) in [5.74, 6) is 0.681. The SMILES string of the molecule is O=C(NCCCOc1ccccc1Cl)N1CCN(Cc2ccccc2)CC1. The molecule has 0 unspecified atom stereocenters. The highest BCUT2D eigenvalue weighted by atomic mass is 35.5. The quantitative estimate of drug-likeness (QED) is 0.738. The minimum atomic E-state index is 0.00658. The second kappa shape index (κ2) is 10.2. The van der Waals surface area contributed by atoms with Gasteiger partial charge in [0.2, 0.25) is 0 Å². The number of carbonyl (C=O) groups is 1. The van der Waals surface area contributed by atoms with Gasteiger partial charge in [0.1, 0.15) is 5.75 Å². The average molecular weight is 388 g/mol. The molecule has 0 spiro atoms. The predicted molar refractivity (Wildman–Crippen MR) is 108 cm³/mol. The van der Waals surface area contributed by atoms with Crippen molar-refractivity contribution in [3.63, 3.8) is 0 Å². The van der Waals surface area contributed by atoms with Crippen molar-refractivity contribution in [3.05, 3.63) is 65.2 Å². The van der Waals surface area contributed by atoms with Gasteiger partial charge in [0.15, 0.2) is 0 Å². The number of carbonyl (C=O) groups excluding carboxylic acids is 1. The number of nitrogens with zero attached hydrogens (tertiary/aromatic N) is 2. The maximum atomic E-state index is 12.3. The fourth-order valence-corrected chi connectivity index (χ4v) is 3.26. The molecule has 1 aliphatic heterocycles. The van der Waals surface area contributed by atoms with Crippen LogP contribution in [-0.2, 0) is 6.54 Å². The van der Waals surface area contributed by atoms with Gasteiger partial charge in [-0.1, -0.05) is 54.1 Å². The lowest BCUT2D eigenvalue weighted by molar-refractivity contribution is 0.135. The number of amides is 2. The Morgan fingerprint density at radius 2 is 1.70 bits per heavy atom. The molecule has 1 aliphatic rings. The van der Waals surface area contributed by atoms with Crippen LogP contribution in [0.1, 0.15) is 12.0 Å².